The summed E-state index contributed by atoms with van der Waals surface area (Å²) in [6, 6.07) is 12.5. The number of ketones is 1. The second-order valence-electron chi connectivity index (χ2n) is 10.3. The molecule has 0 saturated carbocycles. The predicted molar refractivity (Wildman–Crippen MR) is 164 cm³/mol. The Kier molecular flexibility index (Phi) is 10.5. The molecule has 0 aliphatic heterocycles. The van der Waals surface area contributed by atoms with E-state index in [-0.39, 0.29) is 11.2 Å². The maximum atomic E-state index is 12.6. The number of aromatic nitrogens is 1. The van der Waals surface area contributed by atoms with Crippen molar-refractivity contribution < 1.29 is 14.3 Å². The number of rotatable bonds is 12. The van der Waals surface area contributed by atoms with E-state index in [2.05, 4.69) is 57.9 Å². The number of hydrogen-bond donors (Lipinski definition) is 0. The quantitative estimate of drug-likeness (QED) is 0.128. The molecule has 0 amide bonds. The molecule has 0 aliphatic carbocycles. The van der Waals surface area contributed by atoms with Crippen LogP contribution >= 0.6 is 23.5 Å². The van der Waals surface area contributed by atoms with Gasteiger partial charge in [0.25, 0.3) is 0 Å². The topological polar surface area (TPSA) is 48.4 Å². The molecule has 202 valence electrons. The lowest BCUT2D eigenvalue weighted by molar-refractivity contribution is -0.118. The van der Waals surface area contributed by atoms with Crippen molar-refractivity contribution in [2.24, 2.45) is 5.41 Å². The summed E-state index contributed by atoms with van der Waals surface area (Å²) in [6.45, 7) is 10.5. The zero-order valence-corrected chi connectivity index (χ0v) is 25.3. The third-order valence-corrected chi connectivity index (χ3v) is 7.98. The number of pyridine rings is 1. The first-order chi connectivity index (χ1) is 18.1. The minimum absolute atomic E-state index is 0.0650. The van der Waals surface area contributed by atoms with Crippen LogP contribution in [0, 0.1) is 5.41 Å². The molecule has 0 saturated heterocycles. The standard InChI is InChI=1S/C32H39NO3S2/c1-21(16-29(35-5)32(2,3)4)10-9-11-25(34)17-22-12-14-23(15-13-22)24-18-26-27(33-20-24)19-28(37-7)30(36-6)31(26)38-8/h12-16,18-20H,1,9-11,17H2,2-8H3/b29-16-. The van der Waals surface area contributed by atoms with Crippen LogP contribution in [0.1, 0.15) is 45.6 Å². The van der Waals surface area contributed by atoms with Crippen LogP contribution in [0.5, 0.6) is 5.75 Å². The Bertz CT molecular complexity index is 1320. The van der Waals surface area contributed by atoms with Gasteiger partial charge in [0.2, 0.25) is 0 Å². The normalized spacial score (nSPS) is 12.0. The molecule has 1 heterocycles. The number of benzene rings is 2. The molecule has 0 fully saturated rings. The summed E-state index contributed by atoms with van der Waals surface area (Å²) >= 11 is 3.34. The largest absolute Gasteiger partial charge is 0.501 e. The number of Topliss-reactive ketones (excluding diaryl/α,β-unsaturated/α-hetero) is 1. The van der Waals surface area contributed by atoms with Crippen LogP contribution in [-0.2, 0) is 16.0 Å². The molecule has 0 unspecified atom stereocenters. The Labute approximate surface area is 236 Å². The van der Waals surface area contributed by atoms with Crippen LogP contribution in [0.3, 0.4) is 0 Å². The van der Waals surface area contributed by atoms with Crippen LogP contribution in [0.4, 0.5) is 0 Å². The van der Waals surface area contributed by atoms with E-state index < -0.39 is 0 Å². The molecule has 3 rings (SSSR count). The van der Waals surface area contributed by atoms with Gasteiger partial charge in [-0.2, -0.15) is 0 Å². The Hall–Kier alpha value is -2.70. The number of carbonyl (C=O) groups excluding carboxylic acids is 1. The number of carbonyl (C=O) groups is 1. The van der Waals surface area contributed by atoms with Crippen molar-refractivity contribution in [3.63, 3.8) is 0 Å². The van der Waals surface area contributed by atoms with Gasteiger partial charge in [0, 0.05) is 35.4 Å². The van der Waals surface area contributed by atoms with Gasteiger partial charge in [0.05, 0.1) is 29.5 Å². The molecule has 2 aromatic carbocycles. The van der Waals surface area contributed by atoms with E-state index in [1.807, 2.05) is 30.7 Å². The van der Waals surface area contributed by atoms with Gasteiger partial charge < -0.3 is 9.47 Å². The van der Waals surface area contributed by atoms with Gasteiger partial charge in [-0.25, -0.2) is 0 Å². The van der Waals surface area contributed by atoms with Gasteiger partial charge in [-0.05, 0) is 54.7 Å². The number of ether oxygens (including phenoxy) is 2. The summed E-state index contributed by atoms with van der Waals surface area (Å²) in [5.74, 6) is 2.05. The predicted octanol–water partition coefficient (Wildman–Crippen LogP) is 8.77. The van der Waals surface area contributed by atoms with Gasteiger partial charge in [-0.3, -0.25) is 9.78 Å². The summed E-state index contributed by atoms with van der Waals surface area (Å²) in [5, 5.41) is 1.08. The zero-order valence-electron chi connectivity index (χ0n) is 23.6. The molecular formula is C32H39NO3S2. The molecule has 4 nitrogen and oxygen atoms in total. The Balaban J connectivity index is 1.65. The van der Waals surface area contributed by atoms with Gasteiger partial charge in [0.15, 0.2) is 0 Å². The van der Waals surface area contributed by atoms with Crippen LogP contribution in [-0.4, -0.2) is 37.5 Å². The highest BCUT2D eigenvalue weighted by Crippen LogP contribution is 2.42. The molecule has 1 aromatic heterocycles. The average molecular weight is 550 g/mol. The van der Waals surface area contributed by atoms with E-state index in [0.717, 1.165) is 67.3 Å². The SMILES string of the molecule is C=C(/C=C(\OC)C(C)(C)C)CCCC(=O)Cc1ccc(-c2cnc3cc(SC)c(OC)c(SC)c3c2)cc1. The van der Waals surface area contributed by atoms with Crippen LogP contribution in [0.2, 0.25) is 0 Å². The fourth-order valence-corrected chi connectivity index (χ4v) is 5.81. The highest BCUT2D eigenvalue weighted by Gasteiger charge is 2.18. The van der Waals surface area contributed by atoms with E-state index >= 15 is 0 Å². The molecule has 0 aliphatic rings. The average Bonchev–Trinajstić information content (AvgIpc) is 2.89. The lowest BCUT2D eigenvalue weighted by Crippen LogP contribution is -2.11. The van der Waals surface area contributed by atoms with Gasteiger partial charge >= 0.3 is 0 Å². The summed E-state index contributed by atoms with van der Waals surface area (Å²) in [7, 11) is 3.41. The minimum atomic E-state index is -0.0650. The van der Waals surface area contributed by atoms with Gasteiger partial charge in [0.1, 0.15) is 17.3 Å². The lowest BCUT2D eigenvalue weighted by Gasteiger charge is -2.21. The van der Waals surface area contributed by atoms with Crippen LogP contribution in [0.25, 0.3) is 22.0 Å². The molecule has 6 heteroatoms. The van der Waals surface area contributed by atoms with Crippen molar-refractivity contribution in [3.05, 3.63) is 72.1 Å². The highest BCUT2D eigenvalue weighted by atomic mass is 32.2. The summed E-state index contributed by atoms with van der Waals surface area (Å²) in [4.78, 5) is 19.6. The lowest BCUT2D eigenvalue weighted by atomic mass is 9.92. The first-order valence-electron chi connectivity index (χ1n) is 12.7. The molecule has 0 N–H and O–H groups in total. The fraction of sp³-hybridized carbons (Fsp3) is 0.375. The number of allylic oxidation sites excluding steroid dienone is 3. The smallest absolute Gasteiger partial charge is 0.146 e. The molecular weight excluding hydrogens is 510 g/mol. The number of fused-ring (bicyclic) bond motifs is 1. The third-order valence-electron chi connectivity index (χ3n) is 6.43. The monoisotopic (exact) mass is 549 g/mol. The molecule has 3 aromatic rings. The second-order valence-corrected chi connectivity index (χ2v) is 12.0. The molecule has 0 bridgehead atoms. The first kappa shape index (κ1) is 29.9. The van der Waals surface area contributed by atoms with Crippen LogP contribution < -0.4 is 4.74 Å². The second kappa shape index (κ2) is 13.4. The van der Waals surface area contributed by atoms with E-state index in [0.29, 0.717) is 12.8 Å². The van der Waals surface area contributed by atoms with Crippen molar-refractivity contribution in [1.29, 1.82) is 0 Å². The van der Waals surface area contributed by atoms with Gasteiger partial charge in [-0.1, -0.05) is 57.2 Å². The number of hydrogen-bond acceptors (Lipinski definition) is 6. The van der Waals surface area contributed by atoms with Crippen molar-refractivity contribution in [3.8, 4) is 16.9 Å². The molecule has 38 heavy (non-hydrogen) atoms. The molecule has 0 spiro atoms. The maximum absolute atomic E-state index is 12.6. The summed E-state index contributed by atoms with van der Waals surface area (Å²) in [5.41, 5.74) is 5.03. The van der Waals surface area contributed by atoms with Crippen molar-refractivity contribution in [2.45, 2.75) is 56.2 Å². The Morgan fingerprint density at radius 2 is 1.74 bits per heavy atom. The van der Waals surface area contributed by atoms with Gasteiger partial charge in [-0.15, -0.1) is 23.5 Å². The van der Waals surface area contributed by atoms with Crippen molar-refractivity contribution in [2.75, 3.05) is 26.7 Å². The van der Waals surface area contributed by atoms with E-state index in [9.17, 15) is 4.79 Å². The minimum Gasteiger partial charge on any atom is -0.501 e. The Morgan fingerprint density at radius 3 is 2.32 bits per heavy atom. The first-order valence-corrected chi connectivity index (χ1v) is 15.2. The van der Waals surface area contributed by atoms with Crippen molar-refractivity contribution >= 4 is 40.2 Å². The van der Waals surface area contributed by atoms with E-state index in [1.165, 1.54) is 0 Å². The number of methoxy groups -OCH3 is 2. The number of nitrogens with zero attached hydrogens (tertiary/aromatic N) is 1. The zero-order chi connectivity index (χ0) is 27.9. The molecule has 0 atom stereocenters. The van der Waals surface area contributed by atoms with E-state index in [4.69, 9.17) is 14.5 Å². The van der Waals surface area contributed by atoms with Crippen molar-refractivity contribution in [1.82, 2.24) is 4.98 Å². The Morgan fingerprint density at radius 1 is 1.03 bits per heavy atom. The third kappa shape index (κ3) is 7.45. The van der Waals surface area contributed by atoms with E-state index in [1.54, 1.807) is 37.7 Å². The number of thioether (sulfide) groups is 2. The summed E-state index contributed by atoms with van der Waals surface area (Å²) < 4.78 is 11.2. The summed E-state index contributed by atoms with van der Waals surface area (Å²) in [6.07, 6.45) is 10.6. The molecule has 0 radical (unpaired) electrons. The fourth-order valence-electron chi connectivity index (χ4n) is 4.38. The van der Waals surface area contributed by atoms with Crippen LogP contribution in [0.15, 0.2) is 76.4 Å². The highest BCUT2D eigenvalue weighted by molar-refractivity contribution is 7.99. The maximum Gasteiger partial charge on any atom is 0.146 e.